The summed E-state index contributed by atoms with van der Waals surface area (Å²) >= 11 is 0. The van der Waals surface area contributed by atoms with Gasteiger partial charge in [0.25, 0.3) is 0 Å². The SMILES string of the molecule is COC(=O)c1ccc(F)c(-c2ccccc2OCC(F)(F)F)c1. The van der Waals surface area contributed by atoms with E-state index in [1.807, 2.05) is 0 Å². The first-order chi connectivity index (χ1) is 10.8. The van der Waals surface area contributed by atoms with Gasteiger partial charge in [0.15, 0.2) is 6.61 Å². The van der Waals surface area contributed by atoms with E-state index in [2.05, 4.69) is 4.74 Å². The second-order valence-corrected chi connectivity index (χ2v) is 4.59. The first kappa shape index (κ1) is 16.8. The highest BCUT2D eigenvalue weighted by atomic mass is 19.4. The van der Waals surface area contributed by atoms with E-state index in [9.17, 15) is 22.4 Å². The number of alkyl halides is 3. The Hall–Kier alpha value is -2.57. The van der Waals surface area contributed by atoms with Crippen LogP contribution in [0.3, 0.4) is 0 Å². The fourth-order valence-electron chi connectivity index (χ4n) is 1.95. The lowest BCUT2D eigenvalue weighted by atomic mass is 10.0. The van der Waals surface area contributed by atoms with Crippen LogP contribution in [0.5, 0.6) is 5.75 Å². The largest absolute Gasteiger partial charge is 0.483 e. The van der Waals surface area contributed by atoms with Gasteiger partial charge in [-0.15, -0.1) is 0 Å². The normalized spacial score (nSPS) is 11.2. The van der Waals surface area contributed by atoms with E-state index in [0.717, 1.165) is 6.07 Å². The summed E-state index contributed by atoms with van der Waals surface area (Å²) in [7, 11) is 1.17. The van der Waals surface area contributed by atoms with Crippen molar-refractivity contribution in [1.82, 2.24) is 0 Å². The maximum atomic E-state index is 14.0. The number of carbonyl (C=O) groups excluding carboxylic acids is 1. The highest BCUT2D eigenvalue weighted by Crippen LogP contribution is 2.33. The van der Waals surface area contributed by atoms with Gasteiger partial charge in [-0.2, -0.15) is 13.2 Å². The van der Waals surface area contributed by atoms with Crippen molar-refractivity contribution in [3.63, 3.8) is 0 Å². The molecular weight excluding hydrogens is 316 g/mol. The van der Waals surface area contributed by atoms with Gasteiger partial charge in [0.2, 0.25) is 0 Å². The van der Waals surface area contributed by atoms with Gasteiger partial charge in [0, 0.05) is 11.1 Å². The van der Waals surface area contributed by atoms with Gasteiger partial charge in [-0.1, -0.05) is 18.2 Å². The molecule has 0 atom stereocenters. The molecule has 0 spiro atoms. The summed E-state index contributed by atoms with van der Waals surface area (Å²) < 4.78 is 60.3. The highest BCUT2D eigenvalue weighted by molar-refractivity contribution is 5.91. The lowest BCUT2D eigenvalue weighted by molar-refractivity contribution is -0.153. The second-order valence-electron chi connectivity index (χ2n) is 4.59. The predicted molar refractivity (Wildman–Crippen MR) is 74.7 cm³/mol. The van der Waals surface area contributed by atoms with Crippen LogP contribution in [-0.4, -0.2) is 25.9 Å². The smallest absolute Gasteiger partial charge is 0.422 e. The zero-order valence-electron chi connectivity index (χ0n) is 12.0. The molecular formula is C16H12F4O3. The molecule has 2 aromatic rings. The Kier molecular flexibility index (Phi) is 4.88. The van der Waals surface area contributed by atoms with E-state index in [-0.39, 0.29) is 22.4 Å². The van der Waals surface area contributed by atoms with Gasteiger partial charge in [0.05, 0.1) is 12.7 Å². The molecule has 0 fully saturated rings. The molecule has 0 saturated heterocycles. The van der Waals surface area contributed by atoms with Gasteiger partial charge >= 0.3 is 12.1 Å². The number of hydrogen-bond donors (Lipinski definition) is 0. The molecule has 2 rings (SSSR count). The minimum absolute atomic E-state index is 0.0503. The van der Waals surface area contributed by atoms with Crippen LogP contribution in [0.4, 0.5) is 17.6 Å². The molecule has 0 bridgehead atoms. The summed E-state index contributed by atoms with van der Waals surface area (Å²) in [5, 5.41) is 0. The number of esters is 1. The zero-order valence-corrected chi connectivity index (χ0v) is 12.0. The molecule has 3 nitrogen and oxygen atoms in total. The number of carbonyl (C=O) groups is 1. The van der Waals surface area contributed by atoms with E-state index in [4.69, 9.17) is 4.74 Å². The van der Waals surface area contributed by atoms with Crippen molar-refractivity contribution in [1.29, 1.82) is 0 Å². The molecule has 0 aliphatic carbocycles. The molecule has 0 N–H and O–H groups in total. The Morgan fingerprint density at radius 3 is 2.43 bits per heavy atom. The van der Waals surface area contributed by atoms with Crippen LogP contribution >= 0.6 is 0 Å². The number of ether oxygens (including phenoxy) is 2. The van der Waals surface area contributed by atoms with E-state index >= 15 is 0 Å². The average Bonchev–Trinajstić information content (AvgIpc) is 2.52. The fraction of sp³-hybridized carbons (Fsp3) is 0.188. The summed E-state index contributed by atoms with van der Waals surface area (Å²) in [5.74, 6) is -1.51. The molecule has 2 aromatic carbocycles. The average molecular weight is 328 g/mol. The minimum atomic E-state index is -4.51. The van der Waals surface area contributed by atoms with Crippen molar-refractivity contribution < 1.29 is 31.8 Å². The third-order valence-corrected chi connectivity index (χ3v) is 2.96. The van der Waals surface area contributed by atoms with Crippen molar-refractivity contribution in [3.05, 3.63) is 53.8 Å². The minimum Gasteiger partial charge on any atom is -0.483 e. The standard InChI is InChI=1S/C16H12F4O3/c1-22-15(21)10-6-7-13(17)12(8-10)11-4-2-3-5-14(11)23-9-16(18,19)20/h2-8H,9H2,1H3. The zero-order chi connectivity index (χ0) is 17.0. The van der Waals surface area contributed by atoms with Gasteiger partial charge in [-0.05, 0) is 24.3 Å². The molecule has 0 heterocycles. The molecule has 7 heteroatoms. The lowest BCUT2D eigenvalue weighted by Gasteiger charge is -2.14. The fourth-order valence-corrected chi connectivity index (χ4v) is 1.95. The third-order valence-electron chi connectivity index (χ3n) is 2.96. The Labute approximate surface area is 129 Å². The maximum Gasteiger partial charge on any atom is 0.422 e. The Morgan fingerprint density at radius 1 is 1.09 bits per heavy atom. The monoisotopic (exact) mass is 328 g/mol. The Bertz CT molecular complexity index is 711. The second kappa shape index (κ2) is 6.68. The summed E-state index contributed by atoms with van der Waals surface area (Å²) in [6.45, 7) is -1.50. The molecule has 122 valence electrons. The first-order valence-electron chi connectivity index (χ1n) is 6.48. The van der Waals surface area contributed by atoms with Crippen LogP contribution in [0, 0.1) is 5.82 Å². The Balaban J connectivity index is 2.44. The van der Waals surface area contributed by atoms with Crippen LogP contribution in [0.25, 0.3) is 11.1 Å². The van der Waals surface area contributed by atoms with E-state index < -0.39 is 24.6 Å². The van der Waals surface area contributed by atoms with Crippen LogP contribution in [0.15, 0.2) is 42.5 Å². The molecule has 0 saturated carbocycles. The van der Waals surface area contributed by atoms with Crippen LogP contribution < -0.4 is 4.74 Å². The van der Waals surface area contributed by atoms with Crippen molar-refractivity contribution in [2.75, 3.05) is 13.7 Å². The van der Waals surface area contributed by atoms with Gasteiger partial charge in [0.1, 0.15) is 11.6 Å². The van der Waals surface area contributed by atoms with E-state index in [1.54, 1.807) is 0 Å². The van der Waals surface area contributed by atoms with E-state index in [1.165, 1.54) is 43.5 Å². The number of hydrogen-bond acceptors (Lipinski definition) is 3. The highest BCUT2D eigenvalue weighted by Gasteiger charge is 2.29. The molecule has 23 heavy (non-hydrogen) atoms. The van der Waals surface area contributed by atoms with Gasteiger partial charge in [-0.3, -0.25) is 0 Å². The topological polar surface area (TPSA) is 35.5 Å². The summed E-state index contributed by atoms with van der Waals surface area (Å²) in [4.78, 5) is 11.5. The molecule has 0 radical (unpaired) electrons. The summed E-state index contributed by atoms with van der Waals surface area (Å²) in [5.41, 5.74) is 0.139. The number of halogens is 4. The van der Waals surface area contributed by atoms with Crippen LogP contribution in [-0.2, 0) is 4.74 Å². The lowest BCUT2D eigenvalue weighted by Crippen LogP contribution is -2.19. The van der Waals surface area contributed by atoms with Crippen molar-refractivity contribution >= 4 is 5.97 Å². The number of benzene rings is 2. The quantitative estimate of drug-likeness (QED) is 0.623. The van der Waals surface area contributed by atoms with Gasteiger partial charge < -0.3 is 9.47 Å². The van der Waals surface area contributed by atoms with Crippen LogP contribution in [0.1, 0.15) is 10.4 Å². The number of methoxy groups -OCH3 is 1. The Morgan fingerprint density at radius 2 is 1.78 bits per heavy atom. The molecule has 0 aliphatic rings. The van der Waals surface area contributed by atoms with Crippen molar-refractivity contribution in [3.8, 4) is 16.9 Å². The summed E-state index contributed by atoms with van der Waals surface area (Å²) in [6.07, 6.45) is -4.51. The van der Waals surface area contributed by atoms with E-state index in [0.29, 0.717) is 0 Å². The van der Waals surface area contributed by atoms with Crippen LogP contribution in [0.2, 0.25) is 0 Å². The van der Waals surface area contributed by atoms with Crippen molar-refractivity contribution in [2.24, 2.45) is 0 Å². The molecule has 0 amide bonds. The third kappa shape index (κ3) is 4.21. The van der Waals surface area contributed by atoms with Gasteiger partial charge in [-0.25, -0.2) is 9.18 Å². The molecule has 0 aromatic heterocycles. The number of rotatable bonds is 4. The first-order valence-corrected chi connectivity index (χ1v) is 6.48. The van der Waals surface area contributed by atoms with Crippen molar-refractivity contribution in [2.45, 2.75) is 6.18 Å². The maximum absolute atomic E-state index is 14.0. The number of para-hydroxylation sites is 1. The summed E-state index contributed by atoms with van der Waals surface area (Å²) in [6, 6.07) is 9.18. The molecule has 0 aliphatic heterocycles. The molecule has 0 unspecified atom stereocenters. The predicted octanol–water partition coefficient (Wildman–Crippen LogP) is 4.22.